The molecule has 1 saturated carbocycles. The third-order valence-electron chi connectivity index (χ3n) is 5.60. The van der Waals surface area contributed by atoms with E-state index < -0.39 is 11.6 Å². The first kappa shape index (κ1) is 21.0. The largest absolute Gasteiger partial charge is 0.493 e. The lowest BCUT2D eigenvalue weighted by Gasteiger charge is -2.27. The second-order valence-electron chi connectivity index (χ2n) is 8.39. The second kappa shape index (κ2) is 8.13. The van der Waals surface area contributed by atoms with Crippen LogP contribution in [0.15, 0.2) is 30.3 Å². The highest BCUT2D eigenvalue weighted by Crippen LogP contribution is 2.46. The van der Waals surface area contributed by atoms with Crippen LogP contribution in [0.5, 0.6) is 17.2 Å². The number of rotatable bonds is 8. The van der Waals surface area contributed by atoms with Crippen LogP contribution in [0.2, 0.25) is 0 Å². The molecule has 0 radical (unpaired) electrons. The van der Waals surface area contributed by atoms with Gasteiger partial charge in [-0.3, -0.25) is 4.79 Å². The Kier molecular flexibility index (Phi) is 5.52. The fourth-order valence-electron chi connectivity index (χ4n) is 3.58. The molecule has 7 heteroatoms. The van der Waals surface area contributed by atoms with Crippen LogP contribution in [0.1, 0.15) is 42.6 Å². The highest BCUT2D eigenvalue weighted by molar-refractivity contribution is 5.99. The monoisotopic (exact) mass is 425 g/mol. The van der Waals surface area contributed by atoms with E-state index in [9.17, 15) is 9.59 Å². The number of carbonyl (C=O) groups is 2. The Morgan fingerprint density at radius 2 is 1.81 bits per heavy atom. The summed E-state index contributed by atoms with van der Waals surface area (Å²) in [6.45, 7) is 4.25. The van der Waals surface area contributed by atoms with Crippen LogP contribution in [-0.2, 0) is 16.1 Å². The van der Waals surface area contributed by atoms with E-state index in [1.807, 2.05) is 18.2 Å². The van der Waals surface area contributed by atoms with Gasteiger partial charge in [-0.15, -0.1) is 0 Å². The van der Waals surface area contributed by atoms with Crippen molar-refractivity contribution in [2.45, 2.75) is 38.8 Å². The summed E-state index contributed by atoms with van der Waals surface area (Å²) in [4.78, 5) is 24.6. The molecular weight excluding hydrogens is 398 g/mol. The van der Waals surface area contributed by atoms with Crippen LogP contribution < -0.4 is 19.5 Å². The average Bonchev–Trinajstić information content (AvgIpc) is 3.52. The number of ether oxygens (including phenoxy) is 4. The lowest BCUT2D eigenvalue weighted by atomic mass is 9.98. The van der Waals surface area contributed by atoms with Gasteiger partial charge in [-0.2, -0.15) is 0 Å². The fourth-order valence-corrected chi connectivity index (χ4v) is 3.58. The molecule has 31 heavy (non-hydrogen) atoms. The van der Waals surface area contributed by atoms with Crippen molar-refractivity contribution in [2.24, 2.45) is 5.92 Å². The van der Waals surface area contributed by atoms with E-state index >= 15 is 0 Å². The van der Waals surface area contributed by atoms with Gasteiger partial charge in [-0.1, -0.05) is 6.07 Å². The minimum Gasteiger partial charge on any atom is -0.493 e. The molecule has 0 atom stereocenters. The normalized spacial score (nSPS) is 15.2. The number of methoxy groups -OCH3 is 2. The van der Waals surface area contributed by atoms with Crippen molar-refractivity contribution in [1.82, 2.24) is 5.32 Å². The summed E-state index contributed by atoms with van der Waals surface area (Å²) in [5, 5.41) is 2.82. The first-order valence-corrected chi connectivity index (χ1v) is 10.4. The molecule has 1 aliphatic heterocycles. The third-order valence-corrected chi connectivity index (χ3v) is 5.60. The van der Waals surface area contributed by atoms with Crippen LogP contribution in [0.4, 0.5) is 0 Å². The van der Waals surface area contributed by atoms with Gasteiger partial charge in [-0.25, -0.2) is 4.79 Å². The van der Waals surface area contributed by atoms with E-state index in [0.717, 1.165) is 29.5 Å². The van der Waals surface area contributed by atoms with Gasteiger partial charge in [0.15, 0.2) is 17.1 Å². The second-order valence-corrected chi connectivity index (χ2v) is 8.39. The molecule has 7 nitrogen and oxygen atoms in total. The SMILES string of the molecule is COc1ccc(-c2ccc3c(c2)CNC3=O)c(OC(C)(C)C(=O)OCC2CC2)c1OC. The summed E-state index contributed by atoms with van der Waals surface area (Å²) >= 11 is 0. The quantitative estimate of drug-likeness (QED) is 0.649. The summed E-state index contributed by atoms with van der Waals surface area (Å²) in [5.41, 5.74) is 1.90. The number of esters is 1. The molecule has 2 aliphatic rings. The van der Waals surface area contributed by atoms with E-state index in [1.165, 1.54) is 7.11 Å². The van der Waals surface area contributed by atoms with Crippen molar-refractivity contribution in [1.29, 1.82) is 0 Å². The van der Waals surface area contributed by atoms with Crippen molar-refractivity contribution in [3.8, 4) is 28.4 Å². The molecule has 2 aromatic carbocycles. The number of nitrogens with one attached hydrogen (secondary N) is 1. The molecule has 1 N–H and O–H groups in total. The molecule has 164 valence electrons. The summed E-state index contributed by atoms with van der Waals surface area (Å²) < 4.78 is 22.8. The Balaban J connectivity index is 1.72. The van der Waals surface area contributed by atoms with Gasteiger partial charge < -0.3 is 24.3 Å². The molecule has 2 aromatic rings. The Bertz CT molecular complexity index is 1020. The van der Waals surface area contributed by atoms with Gasteiger partial charge in [-0.05, 0) is 68.0 Å². The Hall–Kier alpha value is -3.22. The maximum atomic E-state index is 12.7. The highest BCUT2D eigenvalue weighted by Gasteiger charge is 2.36. The number of benzene rings is 2. The van der Waals surface area contributed by atoms with Crippen LogP contribution >= 0.6 is 0 Å². The van der Waals surface area contributed by atoms with E-state index in [2.05, 4.69) is 5.32 Å². The number of hydrogen-bond acceptors (Lipinski definition) is 6. The first-order chi connectivity index (χ1) is 14.8. The zero-order chi connectivity index (χ0) is 22.2. The number of fused-ring (bicyclic) bond motifs is 1. The maximum absolute atomic E-state index is 12.7. The zero-order valence-corrected chi connectivity index (χ0v) is 18.2. The molecule has 0 spiro atoms. The van der Waals surface area contributed by atoms with Gasteiger partial charge in [0, 0.05) is 17.7 Å². The van der Waals surface area contributed by atoms with Crippen LogP contribution in [-0.4, -0.2) is 38.3 Å². The van der Waals surface area contributed by atoms with Crippen LogP contribution in [0, 0.1) is 5.92 Å². The minimum absolute atomic E-state index is 0.0788. The van der Waals surface area contributed by atoms with E-state index in [4.69, 9.17) is 18.9 Å². The van der Waals surface area contributed by atoms with Crippen molar-refractivity contribution in [3.05, 3.63) is 41.5 Å². The molecule has 1 amide bonds. The van der Waals surface area contributed by atoms with Crippen LogP contribution in [0.3, 0.4) is 0 Å². The minimum atomic E-state index is -1.24. The average molecular weight is 425 g/mol. The Morgan fingerprint density at radius 1 is 1.06 bits per heavy atom. The molecule has 0 unspecified atom stereocenters. The molecule has 0 saturated heterocycles. The molecule has 0 bridgehead atoms. The highest BCUT2D eigenvalue weighted by atomic mass is 16.6. The van der Waals surface area contributed by atoms with Crippen molar-refractivity contribution in [3.63, 3.8) is 0 Å². The molecular formula is C24H27NO6. The van der Waals surface area contributed by atoms with Gasteiger partial charge in [0.2, 0.25) is 5.75 Å². The summed E-state index contributed by atoms with van der Waals surface area (Å²) in [5.74, 6) is 1.21. The molecule has 4 rings (SSSR count). The Morgan fingerprint density at radius 3 is 2.48 bits per heavy atom. The third kappa shape index (κ3) is 4.17. The number of carbonyl (C=O) groups excluding carboxylic acids is 2. The molecule has 0 aromatic heterocycles. The van der Waals surface area contributed by atoms with Crippen molar-refractivity contribution in [2.75, 3.05) is 20.8 Å². The predicted molar refractivity (Wildman–Crippen MR) is 115 cm³/mol. The van der Waals surface area contributed by atoms with E-state index in [1.54, 1.807) is 33.1 Å². The molecule has 1 heterocycles. The topological polar surface area (TPSA) is 83.1 Å². The van der Waals surface area contributed by atoms with Gasteiger partial charge in [0.25, 0.3) is 5.91 Å². The summed E-state index contributed by atoms with van der Waals surface area (Å²) in [6.07, 6.45) is 2.19. The van der Waals surface area contributed by atoms with Gasteiger partial charge >= 0.3 is 5.97 Å². The van der Waals surface area contributed by atoms with Gasteiger partial charge in [0.05, 0.1) is 20.8 Å². The number of amides is 1. The lowest BCUT2D eigenvalue weighted by Crippen LogP contribution is -2.40. The van der Waals surface area contributed by atoms with E-state index in [0.29, 0.717) is 41.9 Å². The zero-order valence-electron chi connectivity index (χ0n) is 18.2. The first-order valence-electron chi connectivity index (χ1n) is 10.4. The number of hydrogen-bond donors (Lipinski definition) is 1. The fraction of sp³-hybridized carbons (Fsp3) is 0.417. The predicted octanol–water partition coefficient (Wildman–Crippen LogP) is 3.72. The van der Waals surface area contributed by atoms with Crippen LogP contribution in [0.25, 0.3) is 11.1 Å². The van der Waals surface area contributed by atoms with Crippen molar-refractivity contribution < 1.29 is 28.5 Å². The standard InChI is InChI=1S/C24H27NO6/c1-24(2,23(27)30-13-14-5-6-14)31-20-17(9-10-19(28-3)21(20)29-4)15-7-8-18-16(11-15)12-25-22(18)26/h7-11,14H,5-6,12-13H2,1-4H3,(H,25,26). The van der Waals surface area contributed by atoms with E-state index in [-0.39, 0.29) is 5.91 Å². The van der Waals surface area contributed by atoms with Crippen molar-refractivity contribution >= 4 is 11.9 Å². The molecule has 1 fully saturated rings. The lowest BCUT2D eigenvalue weighted by molar-refractivity contribution is -0.159. The smallest absolute Gasteiger partial charge is 0.349 e. The summed E-state index contributed by atoms with van der Waals surface area (Å²) in [7, 11) is 3.07. The van der Waals surface area contributed by atoms with Gasteiger partial charge in [0.1, 0.15) is 0 Å². The molecule has 1 aliphatic carbocycles. The maximum Gasteiger partial charge on any atom is 0.349 e. The summed E-state index contributed by atoms with van der Waals surface area (Å²) in [6, 6.07) is 9.24. The Labute approximate surface area is 181 Å².